The monoisotopic (exact) mass is 227 g/mol. The molecule has 16 heavy (non-hydrogen) atoms. The summed E-state index contributed by atoms with van der Waals surface area (Å²) in [6, 6.07) is -0.120. The summed E-state index contributed by atoms with van der Waals surface area (Å²) in [5, 5.41) is 12.7. The predicted molar refractivity (Wildman–Crippen MR) is 59.9 cm³/mol. The Morgan fingerprint density at radius 2 is 1.94 bits per heavy atom. The Morgan fingerprint density at radius 1 is 1.25 bits per heavy atom. The van der Waals surface area contributed by atoms with Crippen molar-refractivity contribution >= 4 is 5.97 Å². The predicted octanol–water partition coefficient (Wildman–Crippen LogP) is 0.689. The molecule has 1 aliphatic carbocycles. The standard InChI is InChI=1S/C12H21NO3/c1-16-12(15)11-10(6-7-13-11)8-2-4-9(14)5-3-8/h8-11,13-14H,2-7H2,1H3/t8?,9?,10-,11-/m0/s1. The van der Waals surface area contributed by atoms with E-state index < -0.39 is 0 Å². The van der Waals surface area contributed by atoms with Crippen LogP contribution in [0.3, 0.4) is 0 Å². The molecular weight excluding hydrogens is 206 g/mol. The maximum absolute atomic E-state index is 11.6. The molecule has 2 N–H and O–H groups in total. The van der Waals surface area contributed by atoms with Gasteiger partial charge in [0.05, 0.1) is 13.2 Å². The number of ether oxygens (including phenoxy) is 1. The van der Waals surface area contributed by atoms with Crippen LogP contribution in [0.1, 0.15) is 32.1 Å². The number of hydrogen-bond donors (Lipinski definition) is 2. The van der Waals surface area contributed by atoms with E-state index in [1.165, 1.54) is 7.11 Å². The molecule has 4 heteroatoms. The Morgan fingerprint density at radius 3 is 2.56 bits per heavy atom. The maximum Gasteiger partial charge on any atom is 0.323 e. The first-order valence-corrected chi connectivity index (χ1v) is 6.21. The van der Waals surface area contributed by atoms with Crippen LogP contribution in [0.5, 0.6) is 0 Å². The number of hydrogen-bond acceptors (Lipinski definition) is 4. The van der Waals surface area contributed by atoms with Crippen molar-refractivity contribution in [2.24, 2.45) is 11.8 Å². The van der Waals surface area contributed by atoms with Crippen LogP contribution in [0.25, 0.3) is 0 Å². The summed E-state index contributed by atoms with van der Waals surface area (Å²) in [5.74, 6) is 0.844. The number of nitrogens with one attached hydrogen (secondary N) is 1. The molecule has 2 rings (SSSR count). The van der Waals surface area contributed by atoms with Crippen molar-refractivity contribution in [3.63, 3.8) is 0 Å². The van der Waals surface area contributed by atoms with Crippen molar-refractivity contribution in [3.05, 3.63) is 0 Å². The van der Waals surface area contributed by atoms with Gasteiger partial charge in [0.25, 0.3) is 0 Å². The number of methoxy groups -OCH3 is 1. The lowest BCUT2D eigenvalue weighted by molar-refractivity contribution is -0.144. The largest absolute Gasteiger partial charge is 0.468 e. The number of carbonyl (C=O) groups excluding carboxylic acids is 1. The van der Waals surface area contributed by atoms with Gasteiger partial charge in [-0.25, -0.2) is 0 Å². The Bertz CT molecular complexity index is 249. The summed E-state index contributed by atoms with van der Waals surface area (Å²) in [5.41, 5.74) is 0. The fraction of sp³-hybridized carbons (Fsp3) is 0.917. The highest BCUT2D eigenvalue weighted by Crippen LogP contribution is 2.36. The molecule has 0 bridgehead atoms. The fourth-order valence-electron chi connectivity index (χ4n) is 3.15. The van der Waals surface area contributed by atoms with E-state index in [4.69, 9.17) is 4.74 Å². The third kappa shape index (κ3) is 2.38. The molecule has 0 aromatic rings. The molecule has 0 spiro atoms. The van der Waals surface area contributed by atoms with Gasteiger partial charge in [0.2, 0.25) is 0 Å². The molecule has 1 aliphatic heterocycles. The summed E-state index contributed by atoms with van der Waals surface area (Å²) in [4.78, 5) is 11.6. The number of rotatable bonds is 2. The SMILES string of the molecule is COC(=O)[C@H]1NCC[C@H]1C1CCC(O)CC1. The lowest BCUT2D eigenvalue weighted by atomic mass is 9.76. The Balaban J connectivity index is 1.94. The molecule has 2 atom stereocenters. The smallest absolute Gasteiger partial charge is 0.323 e. The molecule has 0 unspecified atom stereocenters. The van der Waals surface area contributed by atoms with E-state index >= 15 is 0 Å². The van der Waals surface area contributed by atoms with Gasteiger partial charge >= 0.3 is 5.97 Å². The average molecular weight is 227 g/mol. The van der Waals surface area contributed by atoms with E-state index in [-0.39, 0.29) is 18.1 Å². The summed E-state index contributed by atoms with van der Waals surface area (Å²) in [7, 11) is 1.45. The van der Waals surface area contributed by atoms with Crippen molar-refractivity contribution in [3.8, 4) is 0 Å². The minimum absolute atomic E-state index is 0.120. The quantitative estimate of drug-likeness (QED) is 0.681. The summed E-state index contributed by atoms with van der Waals surface area (Å²) in [6.07, 6.45) is 4.79. The highest BCUT2D eigenvalue weighted by Gasteiger charge is 2.39. The molecule has 1 saturated heterocycles. The van der Waals surface area contributed by atoms with Crippen LogP contribution in [0.4, 0.5) is 0 Å². The molecule has 0 radical (unpaired) electrons. The topological polar surface area (TPSA) is 58.6 Å². The van der Waals surface area contributed by atoms with Gasteiger partial charge in [0, 0.05) is 0 Å². The van der Waals surface area contributed by atoms with Gasteiger partial charge in [-0.2, -0.15) is 0 Å². The minimum atomic E-state index is -0.131. The summed E-state index contributed by atoms with van der Waals surface area (Å²) in [6.45, 7) is 0.906. The van der Waals surface area contributed by atoms with Crippen LogP contribution in [-0.4, -0.2) is 36.9 Å². The molecule has 92 valence electrons. The number of aliphatic hydroxyl groups is 1. The molecule has 0 aromatic heterocycles. The third-order valence-electron chi connectivity index (χ3n) is 4.07. The Hall–Kier alpha value is -0.610. The van der Waals surface area contributed by atoms with Gasteiger partial charge in [-0.15, -0.1) is 0 Å². The van der Waals surface area contributed by atoms with Gasteiger partial charge in [-0.05, 0) is 50.5 Å². The van der Waals surface area contributed by atoms with Crippen LogP contribution in [0.2, 0.25) is 0 Å². The van der Waals surface area contributed by atoms with Crippen molar-refractivity contribution in [2.45, 2.75) is 44.2 Å². The van der Waals surface area contributed by atoms with Gasteiger partial charge < -0.3 is 15.2 Å². The Kier molecular flexibility index (Phi) is 3.82. The molecular formula is C12H21NO3. The lowest BCUT2D eigenvalue weighted by Gasteiger charge is -2.32. The van der Waals surface area contributed by atoms with Gasteiger partial charge in [0.15, 0.2) is 0 Å². The molecule has 2 fully saturated rings. The fourth-order valence-corrected chi connectivity index (χ4v) is 3.15. The van der Waals surface area contributed by atoms with Crippen molar-refractivity contribution in [1.82, 2.24) is 5.32 Å². The van der Waals surface area contributed by atoms with E-state index in [0.29, 0.717) is 11.8 Å². The van der Waals surface area contributed by atoms with E-state index in [1.54, 1.807) is 0 Å². The first-order chi connectivity index (χ1) is 7.72. The van der Waals surface area contributed by atoms with Gasteiger partial charge in [-0.1, -0.05) is 0 Å². The molecule has 1 heterocycles. The van der Waals surface area contributed by atoms with Crippen LogP contribution < -0.4 is 5.32 Å². The first-order valence-electron chi connectivity index (χ1n) is 6.21. The van der Waals surface area contributed by atoms with E-state index in [2.05, 4.69) is 5.32 Å². The van der Waals surface area contributed by atoms with Crippen molar-refractivity contribution in [1.29, 1.82) is 0 Å². The van der Waals surface area contributed by atoms with Crippen LogP contribution >= 0.6 is 0 Å². The molecule has 1 saturated carbocycles. The summed E-state index contributed by atoms with van der Waals surface area (Å²) < 4.78 is 4.83. The maximum atomic E-state index is 11.6. The van der Waals surface area contributed by atoms with Crippen LogP contribution in [-0.2, 0) is 9.53 Å². The highest BCUT2D eigenvalue weighted by atomic mass is 16.5. The zero-order valence-electron chi connectivity index (χ0n) is 9.82. The highest BCUT2D eigenvalue weighted by molar-refractivity contribution is 5.76. The van der Waals surface area contributed by atoms with Crippen LogP contribution in [0, 0.1) is 11.8 Å². The van der Waals surface area contributed by atoms with E-state index in [0.717, 1.165) is 38.6 Å². The molecule has 2 aliphatic rings. The second-order valence-corrected chi connectivity index (χ2v) is 4.98. The summed E-state index contributed by atoms with van der Waals surface area (Å²) >= 11 is 0. The van der Waals surface area contributed by atoms with E-state index in [1.807, 2.05) is 0 Å². The van der Waals surface area contributed by atoms with Crippen molar-refractivity contribution in [2.75, 3.05) is 13.7 Å². The average Bonchev–Trinajstić information content (AvgIpc) is 2.78. The second-order valence-electron chi connectivity index (χ2n) is 4.98. The lowest BCUT2D eigenvalue weighted by Crippen LogP contribution is -2.40. The number of carbonyl (C=O) groups is 1. The minimum Gasteiger partial charge on any atom is -0.468 e. The van der Waals surface area contributed by atoms with Gasteiger partial charge in [0.1, 0.15) is 6.04 Å². The van der Waals surface area contributed by atoms with Gasteiger partial charge in [-0.3, -0.25) is 4.79 Å². The first kappa shape index (κ1) is 11.9. The molecule has 4 nitrogen and oxygen atoms in total. The number of esters is 1. The van der Waals surface area contributed by atoms with E-state index in [9.17, 15) is 9.90 Å². The third-order valence-corrected chi connectivity index (χ3v) is 4.07. The normalized spacial score (nSPS) is 39.6. The molecule has 0 aromatic carbocycles. The van der Waals surface area contributed by atoms with Crippen LogP contribution in [0.15, 0.2) is 0 Å². The second kappa shape index (κ2) is 5.15. The van der Waals surface area contributed by atoms with Crippen molar-refractivity contribution < 1.29 is 14.6 Å². The molecule has 0 amide bonds. The zero-order chi connectivity index (χ0) is 11.5. The number of aliphatic hydroxyl groups excluding tert-OH is 1. The Labute approximate surface area is 96.4 Å². The zero-order valence-corrected chi connectivity index (χ0v) is 9.82.